The van der Waals surface area contributed by atoms with Crippen molar-refractivity contribution in [1.82, 2.24) is 4.31 Å². The van der Waals surface area contributed by atoms with E-state index >= 15 is 0 Å². The Bertz CT molecular complexity index is 714. The van der Waals surface area contributed by atoms with Gasteiger partial charge in [0.25, 0.3) is 0 Å². The van der Waals surface area contributed by atoms with E-state index in [4.69, 9.17) is 0 Å². The van der Waals surface area contributed by atoms with Crippen molar-refractivity contribution >= 4 is 26.0 Å². The standard InChI is InChI=1S/C16H16BrNO2S/c17-15-6-8-16(9-7-15)21(19,20)18-11-10-14(12-18)13-4-2-1-3-5-13/h1-9,14H,10-12H2. The molecule has 0 aromatic heterocycles. The third-order valence-electron chi connectivity index (χ3n) is 3.87. The summed E-state index contributed by atoms with van der Waals surface area (Å²) in [7, 11) is -3.38. The molecule has 0 saturated carbocycles. The summed E-state index contributed by atoms with van der Waals surface area (Å²) in [6.45, 7) is 1.14. The predicted molar refractivity (Wildman–Crippen MR) is 86.7 cm³/mol. The van der Waals surface area contributed by atoms with Gasteiger partial charge in [-0.15, -0.1) is 0 Å². The van der Waals surface area contributed by atoms with Crippen molar-refractivity contribution < 1.29 is 8.42 Å². The molecule has 0 radical (unpaired) electrons. The molecule has 21 heavy (non-hydrogen) atoms. The summed E-state index contributed by atoms with van der Waals surface area (Å²) in [5.74, 6) is 0.288. The molecule has 0 amide bonds. The van der Waals surface area contributed by atoms with Crippen LogP contribution in [0.5, 0.6) is 0 Å². The monoisotopic (exact) mass is 365 g/mol. The number of hydrogen-bond acceptors (Lipinski definition) is 2. The predicted octanol–water partition coefficient (Wildman–Crippen LogP) is 3.63. The van der Waals surface area contributed by atoms with Crippen molar-refractivity contribution in [3.8, 4) is 0 Å². The molecule has 1 heterocycles. The van der Waals surface area contributed by atoms with Crippen molar-refractivity contribution in [3.63, 3.8) is 0 Å². The Kier molecular flexibility index (Phi) is 4.15. The van der Waals surface area contributed by atoms with Crippen LogP contribution in [0, 0.1) is 0 Å². The zero-order valence-corrected chi connectivity index (χ0v) is 13.8. The van der Waals surface area contributed by atoms with E-state index in [1.54, 1.807) is 28.6 Å². The zero-order chi connectivity index (χ0) is 14.9. The number of rotatable bonds is 3. The second-order valence-electron chi connectivity index (χ2n) is 5.21. The van der Waals surface area contributed by atoms with Gasteiger partial charge < -0.3 is 0 Å². The SMILES string of the molecule is O=S(=O)(c1ccc(Br)cc1)N1CCC(c2ccccc2)C1. The lowest BCUT2D eigenvalue weighted by Crippen LogP contribution is -2.28. The lowest BCUT2D eigenvalue weighted by atomic mass is 9.99. The molecular formula is C16H16BrNO2S. The van der Waals surface area contributed by atoms with Crippen LogP contribution in [-0.2, 0) is 10.0 Å². The maximum atomic E-state index is 12.6. The maximum Gasteiger partial charge on any atom is 0.243 e. The van der Waals surface area contributed by atoms with Gasteiger partial charge in [-0.3, -0.25) is 0 Å². The number of sulfonamides is 1. The molecule has 0 bridgehead atoms. The molecule has 1 fully saturated rings. The van der Waals surface area contributed by atoms with E-state index in [9.17, 15) is 8.42 Å². The van der Waals surface area contributed by atoms with Crippen molar-refractivity contribution in [2.24, 2.45) is 0 Å². The van der Waals surface area contributed by atoms with Crippen LogP contribution in [0.3, 0.4) is 0 Å². The first kappa shape index (κ1) is 14.8. The fourth-order valence-corrected chi connectivity index (χ4v) is 4.46. The Balaban J connectivity index is 1.81. The van der Waals surface area contributed by atoms with Crippen molar-refractivity contribution in [3.05, 3.63) is 64.6 Å². The largest absolute Gasteiger partial charge is 0.243 e. The minimum atomic E-state index is -3.38. The summed E-state index contributed by atoms with van der Waals surface area (Å²) >= 11 is 3.33. The fraction of sp³-hybridized carbons (Fsp3) is 0.250. The number of benzene rings is 2. The molecule has 3 rings (SSSR count). The summed E-state index contributed by atoms with van der Waals surface area (Å²) in [5.41, 5.74) is 1.21. The third kappa shape index (κ3) is 3.05. The molecule has 1 saturated heterocycles. The summed E-state index contributed by atoms with van der Waals surface area (Å²) in [6, 6.07) is 16.9. The second-order valence-corrected chi connectivity index (χ2v) is 8.07. The fourth-order valence-electron chi connectivity index (χ4n) is 2.70. The van der Waals surface area contributed by atoms with Gasteiger partial charge in [0.2, 0.25) is 10.0 Å². The molecule has 0 aliphatic carbocycles. The average Bonchev–Trinajstić information content (AvgIpc) is 2.99. The molecular weight excluding hydrogens is 350 g/mol. The van der Waals surface area contributed by atoms with E-state index in [0.29, 0.717) is 18.0 Å². The Labute approximate surface area is 133 Å². The topological polar surface area (TPSA) is 37.4 Å². The van der Waals surface area contributed by atoms with Gasteiger partial charge in [-0.2, -0.15) is 4.31 Å². The molecule has 3 nitrogen and oxygen atoms in total. The van der Waals surface area contributed by atoms with E-state index in [1.807, 2.05) is 18.2 Å². The van der Waals surface area contributed by atoms with Gasteiger partial charge >= 0.3 is 0 Å². The van der Waals surface area contributed by atoms with E-state index in [-0.39, 0.29) is 5.92 Å². The van der Waals surface area contributed by atoms with Gasteiger partial charge in [0.05, 0.1) is 4.90 Å². The molecule has 110 valence electrons. The van der Waals surface area contributed by atoms with E-state index in [1.165, 1.54) is 5.56 Å². The molecule has 1 unspecified atom stereocenters. The molecule has 0 spiro atoms. The van der Waals surface area contributed by atoms with Gasteiger partial charge in [0.1, 0.15) is 0 Å². The quantitative estimate of drug-likeness (QED) is 0.832. The second kappa shape index (κ2) is 5.91. The first-order chi connectivity index (χ1) is 10.1. The lowest BCUT2D eigenvalue weighted by Gasteiger charge is -2.17. The first-order valence-electron chi connectivity index (χ1n) is 6.88. The van der Waals surface area contributed by atoms with E-state index < -0.39 is 10.0 Å². The van der Waals surface area contributed by atoms with Crippen LogP contribution < -0.4 is 0 Å². The summed E-state index contributed by atoms with van der Waals surface area (Å²) in [6.07, 6.45) is 0.875. The minimum absolute atomic E-state index is 0.288. The van der Waals surface area contributed by atoms with Gasteiger partial charge in [0.15, 0.2) is 0 Å². The van der Waals surface area contributed by atoms with Crippen LogP contribution in [0.2, 0.25) is 0 Å². The highest BCUT2D eigenvalue weighted by molar-refractivity contribution is 9.10. The highest BCUT2D eigenvalue weighted by Gasteiger charge is 2.32. The molecule has 1 aliphatic rings. The smallest absolute Gasteiger partial charge is 0.207 e. The third-order valence-corrected chi connectivity index (χ3v) is 6.28. The summed E-state index contributed by atoms with van der Waals surface area (Å²) in [4.78, 5) is 0.361. The molecule has 2 aromatic rings. The molecule has 2 aromatic carbocycles. The minimum Gasteiger partial charge on any atom is -0.207 e. The van der Waals surface area contributed by atoms with Crippen LogP contribution in [0.1, 0.15) is 17.9 Å². The van der Waals surface area contributed by atoms with Crippen molar-refractivity contribution in [2.45, 2.75) is 17.2 Å². The van der Waals surface area contributed by atoms with Gasteiger partial charge in [0, 0.05) is 17.6 Å². The molecule has 1 aliphatic heterocycles. The number of nitrogens with zero attached hydrogens (tertiary/aromatic N) is 1. The molecule has 0 N–H and O–H groups in total. The first-order valence-corrected chi connectivity index (χ1v) is 9.11. The Morgan fingerprint density at radius 2 is 1.67 bits per heavy atom. The number of halogens is 1. The Morgan fingerprint density at radius 3 is 2.33 bits per heavy atom. The normalized spacial score (nSPS) is 19.8. The van der Waals surface area contributed by atoms with Crippen molar-refractivity contribution in [1.29, 1.82) is 0 Å². The van der Waals surface area contributed by atoms with Crippen LogP contribution in [0.25, 0.3) is 0 Å². The van der Waals surface area contributed by atoms with Crippen molar-refractivity contribution in [2.75, 3.05) is 13.1 Å². The zero-order valence-electron chi connectivity index (χ0n) is 11.4. The van der Waals surface area contributed by atoms with Gasteiger partial charge in [-0.05, 0) is 42.2 Å². The van der Waals surface area contributed by atoms with E-state index in [0.717, 1.165) is 10.9 Å². The van der Waals surface area contributed by atoms with Crippen LogP contribution in [0.4, 0.5) is 0 Å². The van der Waals surface area contributed by atoms with E-state index in [2.05, 4.69) is 28.1 Å². The Morgan fingerprint density at radius 1 is 1.00 bits per heavy atom. The Hall–Kier alpha value is -1.17. The summed E-state index contributed by atoms with van der Waals surface area (Å²) < 4.78 is 27.7. The lowest BCUT2D eigenvalue weighted by molar-refractivity contribution is 0.473. The van der Waals surface area contributed by atoms with Crippen LogP contribution >= 0.6 is 15.9 Å². The van der Waals surface area contributed by atoms with Gasteiger partial charge in [-0.1, -0.05) is 46.3 Å². The average molecular weight is 366 g/mol. The van der Waals surface area contributed by atoms with Gasteiger partial charge in [-0.25, -0.2) is 8.42 Å². The highest BCUT2D eigenvalue weighted by atomic mass is 79.9. The van der Waals surface area contributed by atoms with Crippen LogP contribution in [0.15, 0.2) is 64.0 Å². The van der Waals surface area contributed by atoms with Crippen LogP contribution in [-0.4, -0.2) is 25.8 Å². The number of hydrogen-bond donors (Lipinski definition) is 0. The molecule has 1 atom stereocenters. The summed E-state index contributed by atoms with van der Waals surface area (Å²) in [5, 5.41) is 0. The molecule has 5 heteroatoms. The maximum absolute atomic E-state index is 12.6. The highest BCUT2D eigenvalue weighted by Crippen LogP contribution is 2.31.